The molecule has 0 fully saturated rings. The highest BCUT2D eigenvalue weighted by Crippen LogP contribution is 2.30. The Morgan fingerprint density at radius 2 is 1.79 bits per heavy atom. The molecule has 0 aliphatic carbocycles. The molecule has 2 aromatic carbocycles. The van der Waals surface area contributed by atoms with Crippen molar-refractivity contribution in [3.05, 3.63) is 59.1 Å². The van der Waals surface area contributed by atoms with Gasteiger partial charge in [0.15, 0.2) is 11.0 Å². The summed E-state index contributed by atoms with van der Waals surface area (Å²) in [7, 11) is 0. The summed E-state index contributed by atoms with van der Waals surface area (Å²) in [4.78, 5) is 12.1. The summed E-state index contributed by atoms with van der Waals surface area (Å²) in [6, 6.07) is 15.4. The zero-order valence-corrected chi connectivity index (χ0v) is 17.8. The van der Waals surface area contributed by atoms with Crippen LogP contribution in [0.3, 0.4) is 0 Å². The van der Waals surface area contributed by atoms with E-state index in [-0.39, 0.29) is 11.7 Å². The number of aryl methyl sites for hydroxylation is 1. The average Bonchev–Trinajstić information content (AvgIpc) is 3.03. The highest BCUT2D eigenvalue weighted by molar-refractivity contribution is 7.99. The third kappa shape index (κ3) is 4.94. The van der Waals surface area contributed by atoms with Gasteiger partial charge in [0.1, 0.15) is 5.60 Å². The van der Waals surface area contributed by atoms with Gasteiger partial charge in [0.25, 0.3) is 0 Å². The van der Waals surface area contributed by atoms with Gasteiger partial charge in [0.2, 0.25) is 0 Å². The highest BCUT2D eigenvalue weighted by Gasteiger charge is 2.21. The fourth-order valence-electron chi connectivity index (χ4n) is 2.68. The second kappa shape index (κ2) is 8.37. The number of ether oxygens (including phenoxy) is 1. The van der Waals surface area contributed by atoms with Crippen molar-refractivity contribution in [3.63, 3.8) is 0 Å². The number of rotatable bonds is 5. The van der Waals surface area contributed by atoms with E-state index >= 15 is 0 Å². The molecule has 0 aliphatic rings. The van der Waals surface area contributed by atoms with Crippen LogP contribution in [0.2, 0.25) is 5.02 Å². The lowest BCUT2D eigenvalue weighted by Gasteiger charge is -2.19. The van der Waals surface area contributed by atoms with Crippen LogP contribution in [0.15, 0.2) is 53.7 Å². The number of hydrogen-bond acceptors (Lipinski definition) is 5. The predicted octanol–water partition coefficient (Wildman–Crippen LogP) is 5.33. The first-order chi connectivity index (χ1) is 13.2. The van der Waals surface area contributed by atoms with Crippen LogP contribution >= 0.6 is 23.4 Å². The lowest BCUT2D eigenvalue weighted by molar-refractivity contribution is -0.151. The molecule has 7 heteroatoms. The van der Waals surface area contributed by atoms with E-state index in [2.05, 4.69) is 10.2 Å². The molecule has 3 aromatic rings. The van der Waals surface area contributed by atoms with Crippen molar-refractivity contribution in [3.8, 4) is 17.1 Å². The molecule has 0 amide bonds. The van der Waals surface area contributed by atoms with Crippen LogP contribution in [-0.4, -0.2) is 32.1 Å². The molecule has 0 N–H and O–H groups in total. The number of halogens is 1. The standard InChI is InChI=1S/C21H22ClN3O2S/c1-14-7-5-6-8-17(14)25-19(15-9-11-16(22)12-10-15)23-24-20(25)28-13-18(26)27-21(2,3)4/h5-12H,13H2,1-4H3. The quantitative estimate of drug-likeness (QED) is 0.416. The zero-order valence-electron chi connectivity index (χ0n) is 16.3. The summed E-state index contributed by atoms with van der Waals surface area (Å²) in [5, 5.41) is 10.0. The van der Waals surface area contributed by atoms with Gasteiger partial charge >= 0.3 is 5.97 Å². The summed E-state index contributed by atoms with van der Waals surface area (Å²) >= 11 is 7.33. The monoisotopic (exact) mass is 415 g/mol. The highest BCUT2D eigenvalue weighted by atomic mass is 35.5. The normalized spacial score (nSPS) is 11.5. The van der Waals surface area contributed by atoms with Gasteiger partial charge in [-0.05, 0) is 63.6 Å². The predicted molar refractivity (Wildman–Crippen MR) is 113 cm³/mol. The maximum absolute atomic E-state index is 12.1. The Morgan fingerprint density at radius 1 is 1.11 bits per heavy atom. The molecule has 0 aliphatic heterocycles. The van der Waals surface area contributed by atoms with E-state index in [0.29, 0.717) is 16.0 Å². The van der Waals surface area contributed by atoms with Gasteiger partial charge in [-0.15, -0.1) is 10.2 Å². The molecule has 0 bridgehead atoms. The van der Waals surface area contributed by atoms with E-state index in [1.807, 2.05) is 80.8 Å². The van der Waals surface area contributed by atoms with Gasteiger partial charge in [0.05, 0.1) is 11.4 Å². The number of carbonyl (C=O) groups excluding carboxylic acids is 1. The minimum Gasteiger partial charge on any atom is -0.459 e. The Kier molecular flexibility index (Phi) is 6.10. The fourth-order valence-corrected chi connectivity index (χ4v) is 3.52. The SMILES string of the molecule is Cc1ccccc1-n1c(SCC(=O)OC(C)(C)C)nnc1-c1ccc(Cl)cc1. The van der Waals surface area contributed by atoms with Gasteiger partial charge in [-0.25, -0.2) is 0 Å². The Bertz CT molecular complexity index is 978. The van der Waals surface area contributed by atoms with E-state index in [9.17, 15) is 4.79 Å². The van der Waals surface area contributed by atoms with Crippen molar-refractivity contribution >= 4 is 29.3 Å². The van der Waals surface area contributed by atoms with Crippen molar-refractivity contribution in [1.29, 1.82) is 0 Å². The first-order valence-electron chi connectivity index (χ1n) is 8.86. The van der Waals surface area contributed by atoms with Crippen molar-refractivity contribution in [2.75, 3.05) is 5.75 Å². The lowest BCUT2D eigenvalue weighted by Crippen LogP contribution is -2.25. The number of carbonyl (C=O) groups is 1. The van der Waals surface area contributed by atoms with Crippen molar-refractivity contribution < 1.29 is 9.53 Å². The van der Waals surface area contributed by atoms with Gasteiger partial charge in [-0.2, -0.15) is 0 Å². The molecule has 0 saturated heterocycles. The van der Waals surface area contributed by atoms with E-state index in [0.717, 1.165) is 16.8 Å². The molecule has 0 saturated carbocycles. The lowest BCUT2D eigenvalue weighted by atomic mass is 10.1. The van der Waals surface area contributed by atoms with Crippen LogP contribution in [0, 0.1) is 6.92 Å². The molecule has 0 atom stereocenters. The molecule has 5 nitrogen and oxygen atoms in total. The summed E-state index contributed by atoms with van der Waals surface area (Å²) in [6.45, 7) is 7.58. The number of hydrogen-bond donors (Lipinski definition) is 0. The van der Waals surface area contributed by atoms with Crippen LogP contribution in [0.1, 0.15) is 26.3 Å². The van der Waals surface area contributed by atoms with Gasteiger partial charge in [-0.3, -0.25) is 9.36 Å². The number of aromatic nitrogens is 3. The van der Waals surface area contributed by atoms with E-state index in [1.54, 1.807) is 0 Å². The minimum absolute atomic E-state index is 0.155. The first-order valence-corrected chi connectivity index (χ1v) is 10.2. The third-order valence-corrected chi connectivity index (χ3v) is 4.99. The summed E-state index contributed by atoms with van der Waals surface area (Å²) in [5.74, 6) is 0.560. The zero-order chi connectivity index (χ0) is 20.3. The fraction of sp³-hybridized carbons (Fsp3) is 0.286. The first kappa shape index (κ1) is 20.4. The molecule has 1 aromatic heterocycles. The number of nitrogens with zero attached hydrogens (tertiary/aromatic N) is 3. The smallest absolute Gasteiger partial charge is 0.316 e. The average molecular weight is 416 g/mol. The maximum Gasteiger partial charge on any atom is 0.316 e. The Hall–Kier alpha value is -2.31. The number of benzene rings is 2. The second-order valence-corrected chi connectivity index (χ2v) is 8.69. The van der Waals surface area contributed by atoms with Crippen molar-refractivity contribution in [2.45, 2.75) is 38.5 Å². The second-order valence-electron chi connectivity index (χ2n) is 7.31. The summed E-state index contributed by atoms with van der Waals surface area (Å²) in [5.41, 5.74) is 2.42. The topological polar surface area (TPSA) is 57.0 Å². The summed E-state index contributed by atoms with van der Waals surface area (Å²) < 4.78 is 7.37. The van der Waals surface area contributed by atoms with Gasteiger partial charge in [-0.1, -0.05) is 41.6 Å². The molecular weight excluding hydrogens is 394 g/mol. The molecule has 146 valence electrons. The van der Waals surface area contributed by atoms with Gasteiger partial charge in [0, 0.05) is 10.6 Å². The van der Waals surface area contributed by atoms with Crippen molar-refractivity contribution in [1.82, 2.24) is 14.8 Å². The molecule has 0 radical (unpaired) electrons. The van der Waals surface area contributed by atoms with Gasteiger partial charge < -0.3 is 4.74 Å². The third-order valence-electron chi connectivity index (χ3n) is 3.83. The van der Waals surface area contributed by atoms with Crippen LogP contribution in [0.5, 0.6) is 0 Å². The van der Waals surface area contributed by atoms with Crippen LogP contribution in [0.25, 0.3) is 17.1 Å². The minimum atomic E-state index is -0.518. The molecule has 1 heterocycles. The Balaban J connectivity index is 1.98. The molecule has 0 unspecified atom stereocenters. The van der Waals surface area contributed by atoms with Crippen LogP contribution in [-0.2, 0) is 9.53 Å². The van der Waals surface area contributed by atoms with E-state index in [1.165, 1.54) is 11.8 Å². The molecule has 0 spiro atoms. The van der Waals surface area contributed by atoms with E-state index in [4.69, 9.17) is 16.3 Å². The van der Waals surface area contributed by atoms with E-state index < -0.39 is 5.60 Å². The number of thioether (sulfide) groups is 1. The number of para-hydroxylation sites is 1. The van der Waals surface area contributed by atoms with Crippen LogP contribution < -0.4 is 0 Å². The number of esters is 1. The largest absolute Gasteiger partial charge is 0.459 e. The van der Waals surface area contributed by atoms with Crippen molar-refractivity contribution in [2.24, 2.45) is 0 Å². The molecule has 3 rings (SSSR count). The molecular formula is C21H22ClN3O2S. The summed E-state index contributed by atoms with van der Waals surface area (Å²) in [6.07, 6.45) is 0. The Labute approximate surface area is 174 Å². The molecule has 28 heavy (non-hydrogen) atoms. The Morgan fingerprint density at radius 3 is 2.43 bits per heavy atom. The van der Waals surface area contributed by atoms with Crippen LogP contribution in [0.4, 0.5) is 0 Å². The maximum atomic E-state index is 12.1.